The number of carboxylic acids is 1. The van der Waals surface area contributed by atoms with E-state index < -0.39 is 12.3 Å². The van der Waals surface area contributed by atoms with Crippen molar-refractivity contribution in [3.63, 3.8) is 0 Å². The first-order valence-corrected chi connectivity index (χ1v) is 12.0. The predicted molar refractivity (Wildman–Crippen MR) is 124 cm³/mol. The molecule has 0 aromatic rings. The van der Waals surface area contributed by atoms with E-state index in [4.69, 9.17) is 24.4 Å². The fourth-order valence-electron chi connectivity index (χ4n) is 2.86. The molecule has 0 fully saturated rings. The average molecular weight is 449 g/mol. The molecule has 3 N–H and O–H groups in total. The number of hydrogen-bond donors (Lipinski definition) is 3. The minimum atomic E-state index is -0.981. The van der Waals surface area contributed by atoms with Gasteiger partial charge < -0.3 is 29.5 Å². The molecule has 1 unspecified atom stereocenters. The molecule has 0 bridgehead atoms. The lowest BCUT2D eigenvalue weighted by Gasteiger charge is -2.12. The second kappa shape index (κ2) is 29.0. The normalized spacial score (nSPS) is 11.6. The highest BCUT2D eigenvalue weighted by Crippen LogP contribution is 2.12. The maximum absolute atomic E-state index is 9.62. The van der Waals surface area contributed by atoms with E-state index in [2.05, 4.69) is 13.5 Å². The molecule has 0 aliphatic carbocycles. The zero-order valence-electron chi connectivity index (χ0n) is 19.8. The standard InChI is InChI=1S/C21H44O5.C3H4O2/c1-2-3-4-5-6-7-8-9-10-11-12-13-14-16-26-21(23)20-25-19-18-24-17-15-22;1-2-3(4)5/h21-23H,2-20H2,1H3;2H,1H2,(H,4,5). The summed E-state index contributed by atoms with van der Waals surface area (Å²) in [6, 6.07) is 0. The van der Waals surface area contributed by atoms with Gasteiger partial charge in [-0.3, -0.25) is 0 Å². The van der Waals surface area contributed by atoms with Crippen LogP contribution in [0.1, 0.15) is 90.4 Å². The lowest BCUT2D eigenvalue weighted by atomic mass is 10.0. The third kappa shape index (κ3) is 33.8. The van der Waals surface area contributed by atoms with Crippen molar-refractivity contribution in [2.24, 2.45) is 0 Å². The average Bonchev–Trinajstić information content (AvgIpc) is 2.76. The van der Waals surface area contributed by atoms with Crippen molar-refractivity contribution in [1.82, 2.24) is 0 Å². The monoisotopic (exact) mass is 448 g/mol. The number of hydrogen-bond acceptors (Lipinski definition) is 6. The van der Waals surface area contributed by atoms with Crippen LogP contribution >= 0.6 is 0 Å². The molecule has 0 aromatic carbocycles. The highest BCUT2D eigenvalue weighted by molar-refractivity contribution is 5.78. The summed E-state index contributed by atoms with van der Waals surface area (Å²) in [4.78, 5) is 9.25. The largest absolute Gasteiger partial charge is 0.478 e. The fraction of sp³-hybridized carbons (Fsp3) is 0.875. The molecule has 0 saturated carbocycles. The minimum absolute atomic E-state index is 0.0187. The van der Waals surface area contributed by atoms with Crippen molar-refractivity contribution < 1.29 is 34.3 Å². The summed E-state index contributed by atoms with van der Waals surface area (Å²) < 4.78 is 15.6. The summed E-state index contributed by atoms with van der Waals surface area (Å²) in [6.07, 6.45) is 17.2. The third-order valence-electron chi connectivity index (χ3n) is 4.60. The van der Waals surface area contributed by atoms with Gasteiger partial charge in [-0.2, -0.15) is 0 Å². The zero-order valence-corrected chi connectivity index (χ0v) is 19.8. The molecule has 0 aliphatic heterocycles. The van der Waals surface area contributed by atoms with Crippen LogP contribution < -0.4 is 0 Å². The van der Waals surface area contributed by atoms with Crippen molar-refractivity contribution in [3.8, 4) is 0 Å². The molecule has 1 atom stereocenters. The van der Waals surface area contributed by atoms with Crippen LogP contribution in [0.25, 0.3) is 0 Å². The van der Waals surface area contributed by atoms with E-state index in [-0.39, 0.29) is 13.2 Å². The molecule has 7 nitrogen and oxygen atoms in total. The molecule has 0 heterocycles. The van der Waals surface area contributed by atoms with Crippen LogP contribution in [-0.4, -0.2) is 67.2 Å². The van der Waals surface area contributed by atoms with Crippen LogP contribution in [-0.2, 0) is 19.0 Å². The van der Waals surface area contributed by atoms with E-state index in [9.17, 15) is 9.90 Å². The molecule has 7 heteroatoms. The van der Waals surface area contributed by atoms with E-state index >= 15 is 0 Å². The van der Waals surface area contributed by atoms with Gasteiger partial charge in [0.1, 0.15) is 0 Å². The lowest BCUT2D eigenvalue weighted by Crippen LogP contribution is -2.21. The molecule has 31 heavy (non-hydrogen) atoms. The van der Waals surface area contributed by atoms with Gasteiger partial charge >= 0.3 is 5.97 Å². The summed E-state index contributed by atoms with van der Waals surface area (Å²) in [7, 11) is 0. The predicted octanol–water partition coefficient (Wildman–Crippen LogP) is 4.70. The Morgan fingerprint density at radius 1 is 0.806 bits per heavy atom. The summed E-state index contributed by atoms with van der Waals surface area (Å²) in [6.45, 7) is 7.15. The van der Waals surface area contributed by atoms with Crippen molar-refractivity contribution in [2.75, 3.05) is 39.6 Å². The number of carboxylic acid groups (broad SMARTS) is 1. The van der Waals surface area contributed by atoms with Crippen LogP contribution in [0.15, 0.2) is 12.7 Å². The molecule has 186 valence electrons. The molecule has 0 radical (unpaired) electrons. The first-order chi connectivity index (χ1) is 15.1. The number of rotatable bonds is 23. The van der Waals surface area contributed by atoms with Gasteiger partial charge in [-0.15, -0.1) is 0 Å². The Morgan fingerprint density at radius 2 is 1.26 bits per heavy atom. The minimum Gasteiger partial charge on any atom is -0.478 e. The van der Waals surface area contributed by atoms with Gasteiger partial charge in [-0.25, -0.2) is 4.79 Å². The summed E-state index contributed by atoms with van der Waals surface area (Å²) in [5.41, 5.74) is 0. The molecular weight excluding hydrogens is 400 g/mol. The maximum atomic E-state index is 9.62. The number of aliphatic hydroxyl groups is 2. The van der Waals surface area contributed by atoms with Crippen LogP contribution in [0, 0.1) is 0 Å². The van der Waals surface area contributed by atoms with Gasteiger partial charge in [-0.1, -0.05) is 90.6 Å². The Kier molecular flexibility index (Phi) is 30.1. The van der Waals surface area contributed by atoms with E-state index in [1.54, 1.807) is 0 Å². The van der Waals surface area contributed by atoms with Crippen LogP contribution in [0.3, 0.4) is 0 Å². The lowest BCUT2D eigenvalue weighted by molar-refractivity contribution is -0.141. The number of aliphatic carboxylic acids is 1. The fourth-order valence-corrected chi connectivity index (χ4v) is 2.86. The summed E-state index contributed by atoms with van der Waals surface area (Å²) in [5.74, 6) is -0.981. The molecule has 0 saturated heterocycles. The van der Waals surface area contributed by atoms with Crippen LogP contribution in [0.5, 0.6) is 0 Å². The molecular formula is C24H48O7. The maximum Gasteiger partial charge on any atom is 0.327 e. The van der Waals surface area contributed by atoms with Gasteiger partial charge in [0.15, 0.2) is 6.29 Å². The van der Waals surface area contributed by atoms with Crippen molar-refractivity contribution in [2.45, 2.75) is 96.7 Å². The number of ether oxygens (including phenoxy) is 3. The van der Waals surface area contributed by atoms with E-state index in [0.717, 1.165) is 12.5 Å². The van der Waals surface area contributed by atoms with Crippen molar-refractivity contribution in [1.29, 1.82) is 0 Å². The second-order valence-electron chi connectivity index (χ2n) is 7.52. The number of aliphatic hydroxyl groups excluding tert-OH is 2. The van der Waals surface area contributed by atoms with Gasteiger partial charge in [0, 0.05) is 12.7 Å². The highest BCUT2D eigenvalue weighted by atomic mass is 16.6. The molecule has 0 aliphatic rings. The quantitative estimate of drug-likeness (QED) is 0.118. The molecule has 0 aromatic heterocycles. The van der Waals surface area contributed by atoms with Gasteiger partial charge in [0.05, 0.1) is 33.0 Å². The third-order valence-corrected chi connectivity index (χ3v) is 4.60. The molecule has 0 amide bonds. The van der Waals surface area contributed by atoms with Crippen LogP contribution in [0.2, 0.25) is 0 Å². The Balaban J connectivity index is 0. The van der Waals surface area contributed by atoms with Crippen LogP contribution in [0.4, 0.5) is 0 Å². The number of carbonyl (C=O) groups is 1. The Morgan fingerprint density at radius 3 is 1.71 bits per heavy atom. The summed E-state index contributed by atoms with van der Waals surface area (Å²) >= 11 is 0. The smallest absolute Gasteiger partial charge is 0.327 e. The first kappa shape index (κ1) is 32.2. The molecule has 0 rings (SSSR count). The van der Waals surface area contributed by atoms with Gasteiger partial charge in [0.2, 0.25) is 0 Å². The molecule has 0 spiro atoms. The Bertz CT molecular complexity index is 364. The van der Waals surface area contributed by atoms with E-state index in [0.29, 0.717) is 26.4 Å². The first-order valence-electron chi connectivity index (χ1n) is 12.0. The second-order valence-corrected chi connectivity index (χ2v) is 7.52. The van der Waals surface area contributed by atoms with Gasteiger partial charge in [-0.05, 0) is 6.42 Å². The Labute approximate surface area is 189 Å². The summed E-state index contributed by atoms with van der Waals surface area (Å²) in [5, 5.41) is 25.8. The highest BCUT2D eigenvalue weighted by Gasteiger charge is 2.03. The van der Waals surface area contributed by atoms with E-state index in [1.165, 1.54) is 77.0 Å². The number of unbranched alkanes of at least 4 members (excludes halogenated alkanes) is 12. The Hall–Kier alpha value is -0.990. The van der Waals surface area contributed by atoms with Crippen molar-refractivity contribution in [3.05, 3.63) is 12.7 Å². The van der Waals surface area contributed by atoms with E-state index in [1.807, 2.05) is 0 Å². The van der Waals surface area contributed by atoms with Crippen molar-refractivity contribution >= 4 is 5.97 Å². The SMILES string of the molecule is C=CC(=O)O.CCCCCCCCCCCCCCCOC(O)COCCOCCO. The van der Waals surface area contributed by atoms with Gasteiger partial charge in [0.25, 0.3) is 0 Å². The topological polar surface area (TPSA) is 105 Å². The zero-order chi connectivity index (χ0) is 23.4.